The zero-order valence-electron chi connectivity index (χ0n) is 22.7. The van der Waals surface area contributed by atoms with Gasteiger partial charge in [-0.3, -0.25) is 0 Å². The van der Waals surface area contributed by atoms with Gasteiger partial charge in [0, 0.05) is 44.8 Å². The number of rotatable bonds is 0. The van der Waals surface area contributed by atoms with E-state index in [0.29, 0.717) is 45.9 Å². The minimum Gasteiger partial charge on any atom is -0.357 e. The topological polar surface area (TPSA) is 106 Å². The third kappa shape index (κ3) is 4.63. The number of benzene rings is 4. The summed E-state index contributed by atoms with van der Waals surface area (Å²) in [5.41, 5.74) is 5.78. The molecule has 2 aliphatic heterocycles. The van der Waals surface area contributed by atoms with E-state index in [2.05, 4.69) is 0 Å². The van der Waals surface area contributed by atoms with E-state index in [1.54, 1.807) is 0 Å². The van der Waals surface area contributed by atoms with Gasteiger partial charge in [0.1, 0.15) is 0 Å². The molecule has 2 aliphatic rings. The van der Waals surface area contributed by atoms with Crippen LogP contribution in [0, 0.1) is 0 Å². The van der Waals surface area contributed by atoms with Crippen molar-refractivity contribution in [1.82, 2.24) is 39.9 Å². The third-order valence-corrected chi connectivity index (χ3v) is 7.33. The molecule has 12 heteroatoms. The van der Waals surface area contributed by atoms with Crippen molar-refractivity contribution in [1.29, 1.82) is 0 Å². The van der Waals surface area contributed by atoms with Crippen LogP contribution in [0.5, 0.6) is 0 Å². The minimum absolute atomic E-state index is 0.188. The second-order valence-electron chi connectivity index (χ2n) is 9.67. The summed E-state index contributed by atoms with van der Waals surface area (Å²) in [4.78, 5) is 39.3. The largest absolute Gasteiger partial charge is 0.357 e. The van der Waals surface area contributed by atoms with E-state index in [4.69, 9.17) is 39.9 Å². The molecule has 0 unspecified atom stereocenters. The third-order valence-electron chi connectivity index (χ3n) is 7.33. The first-order valence-corrected chi connectivity index (χ1v) is 15.2. The molecule has 4 radical (unpaired) electrons. The van der Waals surface area contributed by atoms with Gasteiger partial charge in [-0.2, -0.15) is 0 Å². The molecule has 0 spiro atoms. The zero-order chi connectivity index (χ0) is 30.2. The molecule has 4 aromatic carbocycles. The molecular formula is C32H16F2Ga2N8-2. The molecule has 9 rings (SSSR count). The van der Waals surface area contributed by atoms with Crippen LogP contribution < -0.4 is 9.97 Å². The van der Waals surface area contributed by atoms with Crippen LogP contribution in [0.25, 0.3) is 89.7 Å². The van der Waals surface area contributed by atoms with Crippen LogP contribution in [0.3, 0.4) is 0 Å². The Morgan fingerprint density at radius 2 is 0.568 bits per heavy atom. The van der Waals surface area contributed by atoms with Crippen molar-refractivity contribution >= 4 is 82.3 Å². The second-order valence-corrected chi connectivity index (χ2v) is 9.67. The summed E-state index contributed by atoms with van der Waals surface area (Å²) < 4.78 is 19.1. The standard InChI is InChI=1S/C32H16N8.2FH.2Ga/c1-2-10-18-17(9-1)25-33-26(18)38-28-21-13-5-6-14-22(21)30(35-28)40-32-24-16-8-7-15-23(24)31(36-32)39-29-20-12-4-3-11-19(20)27(34-29)37-25;;;;/h1-16H;2*1H;;/q-2;;;2*+1/p-2. The van der Waals surface area contributed by atoms with Gasteiger partial charge < -0.3 is 29.9 Å². The first-order chi connectivity index (χ1) is 21.8. The molecule has 0 aliphatic carbocycles. The zero-order valence-corrected chi connectivity index (χ0v) is 27.6. The number of aromatic nitrogens is 8. The van der Waals surface area contributed by atoms with E-state index in [0.717, 1.165) is 43.8 Å². The van der Waals surface area contributed by atoms with E-state index < -0.39 is 0 Å². The van der Waals surface area contributed by atoms with Crippen LogP contribution >= 0.6 is 0 Å². The van der Waals surface area contributed by atoms with E-state index in [-0.39, 0.29) is 38.2 Å². The Bertz CT molecular complexity index is 2050. The fourth-order valence-corrected chi connectivity index (χ4v) is 5.46. The maximum absolute atomic E-state index is 9.56. The Labute approximate surface area is 270 Å². The summed E-state index contributed by atoms with van der Waals surface area (Å²) in [5, 5.41) is 3.57. The molecule has 206 valence electrons. The van der Waals surface area contributed by atoms with Crippen LogP contribution in [-0.2, 0) is 0 Å². The maximum atomic E-state index is 9.56. The molecule has 0 amide bonds. The van der Waals surface area contributed by atoms with Crippen LogP contribution in [0.2, 0.25) is 0 Å². The number of hydrogen-bond acceptors (Lipinski definition) is 6. The average molecular weight is 690 g/mol. The minimum atomic E-state index is 0.188. The van der Waals surface area contributed by atoms with Crippen molar-refractivity contribution in [2.75, 3.05) is 0 Å². The van der Waals surface area contributed by atoms with Crippen LogP contribution in [0.15, 0.2) is 97.1 Å². The van der Waals surface area contributed by atoms with Crippen molar-refractivity contribution in [2.24, 2.45) is 0 Å². The van der Waals surface area contributed by atoms with Gasteiger partial charge in [0.2, 0.25) is 0 Å². The molecule has 0 fully saturated rings. The molecule has 0 atom stereocenters. The van der Waals surface area contributed by atoms with Crippen LogP contribution in [0.1, 0.15) is 0 Å². The van der Waals surface area contributed by atoms with Crippen molar-refractivity contribution in [3.8, 4) is 45.6 Å². The number of nitrogens with zero attached hydrogens (tertiary/aromatic N) is 8. The molecule has 44 heavy (non-hydrogen) atoms. The Morgan fingerprint density at radius 1 is 0.341 bits per heavy atom. The second kappa shape index (κ2) is 11.8. The predicted molar refractivity (Wildman–Crippen MR) is 168 cm³/mol. The molecule has 8 nitrogen and oxygen atoms in total. The summed E-state index contributed by atoms with van der Waals surface area (Å²) >= 11 is 0.375. The van der Waals surface area contributed by atoms with Crippen LogP contribution in [0.4, 0.5) is 6.57 Å². The van der Waals surface area contributed by atoms with Gasteiger partial charge in [-0.15, -0.1) is 0 Å². The Kier molecular flexibility index (Phi) is 7.56. The fraction of sp³-hybridized carbons (Fsp3) is 0. The van der Waals surface area contributed by atoms with Crippen LogP contribution in [-0.4, -0.2) is 68.1 Å². The van der Waals surface area contributed by atoms with E-state index >= 15 is 0 Å². The van der Waals surface area contributed by atoms with Crippen molar-refractivity contribution < 1.29 is 6.57 Å². The van der Waals surface area contributed by atoms with Gasteiger partial charge in [-0.1, -0.05) is 97.1 Å². The van der Waals surface area contributed by atoms with Crippen molar-refractivity contribution in [3.05, 3.63) is 97.1 Å². The molecule has 0 saturated carbocycles. The Hall–Kier alpha value is -4.63. The summed E-state index contributed by atoms with van der Waals surface area (Å²) in [6.07, 6.45) is 0. The molecular weight excluding hydrogens is 674 g/mol. The monoisotopic (exact) mass is 688 g/mol. The predicted octanol–water partition coefficient (Wildman–Crippen LogP) is 6.21. The van der Waals surface area contributed by atoms with Gasteiger partial charge in [0.05, 0.1) is 23.3 Å². The summed E-state index contributed by atoms with van der Waals surface area (Å²) in [6, 6.07) is 31.8. The van der Waals surface area contributed by atoms with Crippen molar-refractivity contribution in [3.63, 3.8) is 0 Å². The van der Waals surface area contributed by atoms with Gasteiger partial charge in [-0.25, -0.2) is 9.97 Å². The summed E-state index contributed by atoms with van der Waals surface area (Å²) in [6.45, 7) is 0. The average Bonchev–Trinajstić information content (AvgIpc) is 3.82. The Morgan fingerprint density at radius 3 is 0.818 bits per heavy atom. The number of halogens is 2. The SMILES string of the molecule is [F][Ga].[F][Ga].c1ccc2c(c1)-c1nc-2nc2[n-]c(nc3nc(nc4[n-]c(n1)c1ccccc41)-c1ccccc1-3)c1ccccc21. The quantitative estimate of drug-likeness (QED) is 0.173. The Balaban J connectivity index is 0.000000753. The van der Waals surface area contributed by atoms with Gasteiger partial charge in [-0.05, 0) is 21.5 Å². The number of fused-ring (bicyclic) bond motifs is 20. The summed E-state index contributed by atoms with van der Waals surface area (Å²) in [5.74, 6) is 2.21. The first-order valence-electron chi connectivity index (χ1n) is 13.3. The first kappa shape index (κ1) is 28.2. The normalized spacial score (nSPS) is 11.1. The number of hydrogen-bond donors (Lipinski definition) is 0. The molecule has 7 aromatic rings. The smallest absolute Gasteiger partial charge is 0.0927 e. The fourth-order valence-electron chi connectivity index (χ4n) is 5.46. The van der Waals surface area contributed by atoms with Gasteiger partial charge >= 0.3 is 44.8 Å². The van der Waals surface area contributed by atoms with Crippen molar-refractivity contribution in [2.45, 2.75) is 0 Å². The van der Waals surface area contributed by atoms with E-state index in [9.17, 15) is 6.57 Å². The molecule has 5 heterocycles. The van der Waals surface area contributed by atoms with Gasteiger partial charge in [0.15, 0.2) is 0 Å². The molecule has 3 aromatic heterocycles. The van der Waals surface area contributed by atoms with E-state index in [1.165, 1.54) is 0 Å². The molecule has 8 bridgehead atoms. The molecule has 0 saturated heterocycles. The molecule has 0 N–H and O–H groups in total. The van der Waals surface area contributed by atoms with E-state index in [1.807, 2.05) is 97.1 Å². The van der Waals surface area contributed by atoms with Gasteiger partial charge in [0.25, 0.3) is 0 Å². The summed E-state index contributed by atoms with van der Waals surface area (Å²) in [7, 11) is 0. The maximum Gasteiger partial charge on any atom is 0.0927 e.